The van der Waals surface area contributed by atoms with Gasteiger partial charge in [-0.15, -0.1) is 0 Å². The largest absolute Gasteiger partial charge is 0.495 e. The minimum atomic E-state index is -1.83. The molecular weight excluding hydrogens is 1130 g/mol. The third kappa shape index (κ3) is 16.8. The van der Waals surface area contributed by atoms with Crippen molar-refractivity contribution in [1.82, 2.24) is 30.4 Å². The fraction of sp³-hybridized carbons (Fsp3) is 0.460. The van der Waals surface area contributed by atoms with Crippen LogP contribution in [0.4, 0.5) is 26.2 Å². The highest BCUT2D eigenvalue weighted by atomic mass is 35.5. The lowest BCUT2D eigenvalue weighted by Gasteiger charge is -2.37. The van der Waals surface area contributed by atoms with Crippen LogP contribution in [-0.2, 0) is 40.4 Å². The smallest absolute Gasteiger partial charge is 0.251 e. The highest BCUT2D eigenvalue weighted by Gasteiger charge is 2.61. The Morgan fingerprint density at radius 3 is 2.21 bits per heavy atom. The van der Waals surface area contributed by atoms with E-state index in [1.54, 1.807) is 12.3 Å². The summed E-state index contributed by atoms with van der Waals surface area (Å²) in [6.07, 6.45) is 7.88. The minimum absolute atomic E-state index is 0.0514. The number of nitrogens with zero attached hydrogens (tertiary/aromatic N) is 6. The van der Waals surface area contributed by atoms with Gasteiger partial charge < -0.3 is 54.6 Å². The van der Waals surface area contributed by atoms with Gasteiger partial charge in [0.05, 0.1) is 119 Å². The maximum Gasteiger partial charge on any atom is 0.251 e. The molecule has 22 heteroatoms. The molecule has 454 valence electrons. The van der Waals surface area contributed by atoms with Gasteiger partial charge >= 0.3 is 0 Å². The lowest BCUT2D eigenvalue weighted by Crippen LogP contribution is -2.45. The van der Waals surface area contributed by atoms with E-state index >= 15 is 8.78 Å². The Hall–Kier alpha value is -6.80. The number of ether oxygens (including phenoxy) is 6. The van der Waals surface area contributed by atoms with Crippen molar-refractivity contribution in [3.8, 4) is 23.1 Å². The monoisotopic (exact) mass is 1210 g/mol. The number of hydrogen-bond acceptors (Lipinski definition) is 15. The van der Waals surface area contributed by atoms with Gasteiger partial charge in [0.15, 0.2) is 0 Å². The van der Waals surface area contributed by atoms with E-state index in [4.69, 9.17) is 61.7 Å². The van der Waals surface area contributed by atoms with Crippen molar-refractivity contribution in [2.45, 2.75) is 95.0 Å². The fourth-order valence-corrected chi connectivity index (χ4v) is 11.5. The second-order valence-corrected chi connectivity index (χ2v) is 23.3. The number of nitriles is 1. The molecule has 2 aliphatic rings. The number of halogens is 4. The third-order valence-electron chi connectivity index (χ3n) is 15.0. The van der Waals surface area contributed by atoms with E-state index in [2.05, 4.69) is 49.4 Å². The summed E-state index contributed by atoms with van der Waals surface area (Å²) < 4.78 is 68.7. The molecule has 4 N–H and O–H groups in total. The normalized spacial score (nSPS) is 19.5. The molecule has 2 aromatic heterocycles. The number of methoxy groups -OCH3 is 1. The van der Waals surface area contributed by atoms with Crippen molar-refractivity contribution in [1.29, 1.82) is 5.26 Å². The number of aromatic nitrogens is 4. The van der Waals surface area contributed by atoms with E-state index in [0.29, 0.717) is 65.3 Å². The molecule has 18 nitrogen and oxygen atoms in total. The number of hydrogen-bond donors (Lipinski definition) is 4. The Morgan fingerprint density at radius 1 is 0.859 bits per heavy atom. The van der Waals surface area contributed by atoms with Crippen molar-refractivity contribution in [2.24, 2.45) is 5.41 Å². The lowest BCUT2D eigenvalue weighted by molar-refractivity contribution is -0.118. The molecule has 4 atom stereocenters. The zero-order valence-electron chi connectivity index (χ0n) is 49.0. The van der Waals surface area contributed by atoms with Crippen LogP contribution in [0.2, 0.25) is 10.0 Å². The van der Waals surface area contributed by atoms with Crippen LogP contribution in [0.3, 0.4) is 0 Å². The molecule has 0 bridgehead atoms. The van der Waals surface area contributed by atoms with Crippen LogP contribution in [0.1, 0.15) is 85.8 Å². The molecule has 8 rings (SSSR count). The number of carbonyl (C=O) groups excluding carboxylic acids is 2. The molecule has 2 amide bonds. The van der Waals surface area contributed by atoms with Gasteiger partial charge in [-0.1, -0.05) is 92.5 Å². The molecule has 1 saturated carbocycles. The molecule has 4 aromatic carbocycles. The molecule has 3 heterocycles. The average molecular weight is 1210 g/mol. The number of amides is 2. The predicted molar refractivity (Wildman–Crippen MR) is 324 cm³/mol. The Labute approximate surface area is 506 Å². The van der Waals surface area contributed by atoms with Gasteiger partial charge in [-0.05, 0) is 91.1 Å². The quantitative estimate of drug-likeness (QED) is 0.0322. The first-order valence-electron chi connectivity index (χ1n) is 28.6. The number of carbonyl (C=O) groups is 2. The van der Waals surface area contributed by atoms with E-state index in [-0.39, 0.29) is 69.9 Å². The molecular formula is C63H76Cl2F2N10O8. The third-order valence-corrected chi connectivity index (χ3v) is 15.6. The van der Waals surface area contributed by atoms with Crippen LogP contribution < -0.4 is 30.9 Å². The van der Waals surface area contributed by atoms with Gasteiger partial charge in [-0.3, -0.25) is 9.59 Å². The number of rotatable bonds is 29. The van der Waals surface area contributed by atoms with Gasteiger partial charge in [0.2, 0.25) is 11.9 Å². The molecule has 6 aromatic rings. The summed E-state index contributed by atoms with van der Waals surface area (Å²) in [7, 11) is 5.44. The number of nitrogens with one attached hydrogen (secondary N) is 4. The summed E-state index contributed by atoms with van der Waals surface area (Å²) in [6.45, 7) is 10.1. The average Bonchev–Trinajstić information content (AvgIpc) is 1.96. The van der Waals surface area contributed by atoms with Gasteiger partial charge in [0.1, 0.15) is 28.6 Å². The standard InChI is InChI=1S/C63H76Cl2F2N10O8/c1-62(2,3)37-54-63(40-68,48-21-16-43(64)36-50(48)66)55(46-13-10-14-49(65)56(46)67)57(75-54)59(79)73-52-35-42(15-22-53(52)80-6)58(78)69-25-26-81-27-28-82-29-30-83-31-32-84-33-34-85-45-19-17-44(18-20-45)72-61-70-24-23-51(74-61)47-38-71-77(60(47)76(4)5)39-41-11-8-7-9-12-41/h7-16,21-24,35-36,38,44-45,54-55,57,75H,17-20,25-34,37,39H2,1-6H3,(H,69,78)(H,73,79)(H,70,72,74)/t44?,45?,54-,55-,57+,63-/m0/s1. The topological polar surface area (TPSA) is 208 Å². The highest BCUT2D eigenvalue weighted by Crippen LogP contribution is 2.53. The van der Waals surface area contributed by atoms with Crippen LogP contribution in [-0.4, -0.2) is 143 Å². The molecule has 1 aliphatic heterocycles. The summed E-state index contributed by atoms with van der Waals surface area (Å²) in [4.78, 5) is 39.5. The van der Waals surface area contributed by atoms with Crippen molar-refractivity contribution < 1.29 is 46.8 Å². The van der Waals surface area contributed by atoms with E-state index in [1.807, 2.05) is 70.0 Å². The fourth-order valence-electron chi connectivity index (χ4n) is 11.1. The van der Waals surface area contributed by atoms with Crippen LogP contribution in [0, 0.1) is 28.4 Å². The Kier molecular flexibility index (Phi) is 23.0. The maximum absolute atomic E-state index is 16.2. The van der Waals surface area contributed by atoms with Crippen molar-refractivity contribution >= 4 is 52.5 Å². The Balaban J connectivity index is 0.696. The molecule has 1 saturated heterocycles. The first kappa shape index (κ1) is 64.2. The van der Waals surface area contributed by atoms with Crippen molar-refractivity contribution in [3.63, 3.8) is 0 Å². The summed E-state index contributed by atoms with van der Waals surface area (Å²) in [5, 5.41) is 28.3. The molecule has 0 unspecified atom stereocenters. The second-order valence-electron chi connectivity index (χ2n) is 22.5. The summed E-state index contributed by atoms with van der Waals surface area (Å²) in [5.74, 6) is -2.24. The minimum Gasteiger partial charge on any atom is -0.495 e. The SMILES string of the molecule is COc1ccc(C(=O)NCCOCCOCCOCCOCCOC2CCC(Nc3nccc(-c4cnn(Cc5ccccc5)c4N(C)C)n3)CC2)cc1NC(=O)[C@@H]1N[C@@H](CC(C)(C)C)[C@](C#N)(c2ccc(Cl)cc2F)[C@H]1c1cccc(Cl)c1F. The first-order valence-corrected chi connectivity index (χ1v) is 29.4. The number of anilines is 3. The molecule has 2 fully saturated rings. The van der Waals surface area contributed by atoms with Crippen molar-refractivity contribution in [2.75, 3.05) is 103 Å². The lowest BCUT2D eigenvalue weighted by atomic mass is 9.62. The zero-order chi connectivity index (χ0) is 60.5. The van der Waals surface area contributed by atoms with Crippen LogP contribution in [0.25, 0.3) is 11.3 Å². The van der Waals surface area contributed by atoms with Gasteiger partial charge in [-0.2, -0.15) is 10.4 Å². The van der Waals surface area contributed by atoms with E-state index in [9.17, 15) is 14.9 Å². The zero-order valence-corrected chi connectivity index (χ0v) is 50.5. The second kappa shape index (κ2) is 30.5. The van der Waals surface area contributed by atoms with E-state index < -0.39 is 52.3 Å². The Morgan fingerprint density at radius 2 is 1.55 bits per heavy atom. The summed E-state index contributed by atoms with van der Waals surface area (Å²) >= 11 is 12.5. The van der Waals surface area contributed by atoms with E-state index in [1.165, 1.54) is 55.1 Å². The van der Waals surface area contributed by atoms with Crippen LogP contribution in [0.5, 0.6) is 5.75 Å². The molecule has 0 radical (unpaired) electrons. The highest BCUT2D eigenvalue weighted by molar-refractivity contribution is 6.31. The maximum atomic E-state index is 16.2. The molecule has 0 spiro atoms. The van der Waals surface area contributed by atoms with E-state index in [0.717, 1.165) is 48.8 Å². The molecule has 1 aliphatic carbocycles. The van der Waals surface area contributed by atoms with Crippen LogP contribution in [0.15, 0.2) is 103 Å². The summed E-state index contributed by atoms with van der Waals surface area (Å²) in [5.41, 5.74) is 0.901. The first-order chi connectivity index (χ1) is 41.0. The van der Waals surface area contributed by atoms with Gasteiger partial charge in [0.25, 0.3) is 5.91 Å². The summed E-state index contributed by atoms with van der Waals surface area (Å²) in [6, 6.07) is 25.4. The van der Waals surface area contributed by atoms with Crippen LogP contribution >= 0.6 is 23.2 Å². The van der Waals surface area contributed by atoms with Gasteiger partial charge in [-0.25, -0.2) is 23.4 Å². The van der Waals surface area contributed by atoms with Gasteiger partial charge in [0, 0.05) is 61.0 Å². The predicted octanol–water partition coefficient (Wildman–Crippen LogP) is 10.2. The Bertz CT molecular complexity index is 3210. The molecule has 85 heavy (non-hydrogen) atoms. The van der Waals surface area contributed by atoms with Crippen molar-refractivity contribution in [3.05, 3.63) is 147 Å². The number of benzene rings is 4.